The summed E-state index contributed by atoms with van der Waals surface area (Å²) < 4.78 is 0. The molecule has 0 N–H and O–H groups in total. The van der Waals surface area contributed by atoms with Gasteiger partial charge in [-0.25, -0.2) is 0 Å². The lowest BCUT2D eigenvalue weighted by Gasteiger charge is -2.16. The molecule has 0 saturated heterocycles. The third-order valence-corrected chi connectivity index (χ3v) is 6.92. The molecule has 0 heterocycles. The van der Waals surface area contributed by atoms with E-state index in [9.17, 15) is 0 Å². The average molecular weight is 286 g/mol. The van der Waals surface area contributed by atoms with Crippen molar-refractivity contribution in [1.82, 2.24) is 0 Å². The topological polar surface area (TPSA) is 0 Å². The van der Waals surface area contributed by atoms with Crippen molar-refractivity contribution in [3.05, 3.63) is 0 Å². The van der Waals surface area contributed by atoms with E-state index >= 15 is 0 Å². The summed E-state index contributed by atoms with van der Waals surface area (Å²) >= 11 is 0. The Morgan fingerprint density at radius 3 is 1.32 bits per heavy atom. The summed E-state index contributed by atoms with van der Waals surface area (Å²) in [6.45, 7) is 6.98. The summed E-state index contributed by atoms with van der Waals surface area (Å²) in [4.78, 5) is 0. The molecule has 19 heavy (non-hydrogen) atoms. The van der Waals surface area contributed by atoms with Gasteiger partial charge in [0.05, 0.1) is 0 Å². The van der Waals surface area contributed by atoms with Crippen LogP contribution >= 0.6 is 7.92 Å². The molecule has 0 nitrogen and oxygen atoms in total. The molecule has 0 aliphatic carbocycles. The van der Waals surface area contributed by atoms with Crippen molar-refractivity contribution in [2.45, 2.75) is 97.8 Å². The zero-order chi connectivity index (χ0) is 14.2. The second kappa shape index (κ2) is 16.5. The molecule has 1 heteroatoms. The molecule has 1 atom stereocenters. The van der Waals surface area contributed by atoms with Crippen molar-refractivity contribution >= 4 is 7.92 Å². The maximum atomic E-state index is 2.37. The Hall–Kier alpha value is 0.430. The van der Waals surface area contributed by atoms with Gasteiger partial charge < -0.3 is 0 Å². The van der Waals surface area contributed by atoms with Crippen LogP contribution in [-0.2, 0) is 0 Å². The predicted octanol–water partition coefficient (Wildman–Crippen LogP) is 7.21. The van der Waals surface area contributed by atoms with Gasteiger partial charge in [0.1, 0.15) is 0 Å². The van der Waals surface area contributed by atoms with E-state index in [1.807, 2.05) is 0 Å². The van der Waals surface area contributed by atoms with Crippen LogP contribution in [0, 0.1) is 0 Å². The summed E-state index contributed by atoms with van der Waals surface area (Å²) in [5.74, 6) is 0. The van der Waals surface area contributed by atoms with Gasteiger partial charge in [-0.3, -0.25) is 0 Å². The molecule has 0 fully saturated rings. The lowest BCUT2D eigenvalue weighted by Crippen LogP contribution is -1.96. The van der Waals surface area contributed by atoms with Gasteiger partial charge in [-0.2, -0.15) is 0 Å². The van der Waals surface area contributed by atoms with Gasteiger partial charge in [-0.05, 0) is 31.3 Å². The summed E-state index contributed by atoms with van der Waals surface area (Å²) in [6, 6.07) is 0. The third kappa shape index (κ3) is 14.6. The quantitative estimate of drug-likeness (QED) is 0.220. The molecule has 0 aromatic rings. The molecule has 1 unspecified atom stereocenters. The number of hydrogen-bond donors (Lipinski definition) is 0. The SMILES string of the molecule is CCCCCCCCCP(CCC)CCCCCC. The fraction of sp³-hybridized carbons (Fsp3) is 1.00. The minimum absolute atomic E-state index is 0.395. The molecule has 0 aliphatic heterocycles. The van der Waals surface area contributed by atoms with Crippen LogP contribution in [0.2, 0.25) is 0 Å². The minimum atomic E-state index is 0.395. The molecule has 0 aromatic carbocycles. The molecule has 0 bridgehead atoms. The highest BCUT2D eigenvalue weighted by Gasteiger charge is 2.06. The third-order valence-electron chi connectivity index (χ3n) is 3.95. The standard InChI is InChI=1S/C18H39P/c1-4-7-9-11-12-13-15-18-19(16-6-3)17-14-10-8-5-2/h4-18H2,1-3H3. The summed E-state index contributed by atoms with van der Waals surface area (Å²) in [5.41, 5.74) is 0. The number of unbranched alkanes of at least 4 members (excludes halogenated alkanes) is 9. The first-order valence-electron chi connectivity index (χ1n) is 9.07. The molecule has 0 saturated carbocycles. The van der Waals surface area contributed by atoms with Crippen molar-refractivity contribution < 1.29 is 0 Å². The molecular weight excluding hydrogens is 247 g/mol. The zero-order valence-electron chi connectivity index (χ0n) is 14.1. The van der Waals surface area contributed by atoms with Crippen LogP contribution in [0.25, 0.3) is 0 Å². The van der Waals surface area contributed by atoms with Crippen LogP contribution in [0.5, 0.6) is 0 Å². The van der Waals surface area contributed by atoms with Crippen LogP contribution in [0.15, 0.2) is 0 Å². The van der Waals surface area contributed by atoms with Gasteiger partial charge in [0.2, 0.25) is 0 Å². The van der Waals surface area contributed by atoms with Gasteiger partial charge in [-0.15, -0.1) is 7.92 Å². The Bertz CT molecular complexity index is 156. The lowest BCUT2D eigenvalue weighted by molar-refractivity contribution is 0.602. The van der Waals surface area contributed by atoms with E-state index in [4.69, 9.17) is 0 Å². The molecule has 0 spiro atoms. The van der Waals surface area contributed by atoms with Crippen LogP contribution in [0.4, 0.5) is 0 Å². The van der Waals surface area contributed by atoms with Gasteiger partial charge >= 0.3 is 0 Å². The van der Waals surface area contributed by atoms with Gasteiger partial charge in [-0.1, -0.05) is 85.0 Å². The first-order chi connectivity index (χ1) is 9.35. The minimum Gasteiger partial charge on any atom is -0.107 e. The van der Waals surface area contributed by atoms with E-state index in [1.54, 1.807) is 12.3 Å². The maximum absolute atomic E-state index is 2.37. The first kappa shape index (κ1) is 19.4. The Morgan fingerprint density at radius 1 is 0.421 bits per heavy atom. The van der Waals surface area contributed by atoms with Crippen LogP contribution < -0.4 is 0 Å². The zero-order valence-corrected chi connectivity index (χ0v) is 14.9. The molecule has 116 valence electrons. The molecular formula is C18H39P. The average Bonchev–Trinajstić information content (AvgIpc) is 2.42. The van der Waals surface area contributed by atoms with Crippen LogP contribution in [-0.4, -0.2) is 18.5 Å². The van der Waals surface area contributed by atoms with Crippen molar-refractivity contribution in [3.63, 3.8) is 0 Å². The fourth-order valence-electron chi connectivity index (χ4n) is 2.71. The largest absolute Gasteiger partial charge is 0.107 e. The van der Waals surface area contributed by atoms with Gasteiger partial charge in [0.15, 0.2) is 0 Å². The number of rotatable bonds is 15. The van der Waals surface area contributed by atoms with Crippen molar-refractivity contribution in [2.75, 3.05) is 18.5 Å². The highest BCUT2D eigenvalue weighted by atomic mass is 31.1. The summed E-state index contributed by atoms with van der Waals surface area (Å²) in [7, 11) is 0.395. The van der Waals surface area contributed by atoms with Crippen LogP contribution in [0.1, 0.15) is 97.8 Å². The number of hydrogen-bond acceptors (Lipinski definition) is 0. The van der Waals surface area contributed by atoms with E-state index in [0.29, 0.717) is 7.92 Å². The molecule has 0 amide bonds. The Morgan fingerprint density at radius 2 is 0.842 bits per heavy atom. The smallest absolute Gasteiger partial charge is 0.0326 e. The molecule has 0 aromatic heterocycles. The lowest BCUT2D eigenvalue weighted by atomic mass is 10.1. The summed E-state index contributed by atoms with van der Waals surface area (Å²) in [6.07, 6.45) is 22.2. The molecule has 0 radical (unpaired) electrons. The van der Waals surface area contributed by atoms with Crippen LogP contribution in [0.3, 0.4) is 0 Å². The molecule has 0 rings (SSSR count). The Balaban J connectivity index is 3.42. The highest BCUT2D eigenvalue weighted by molar-refractivity contribution is 7.57. The Labute approximate surface area is 124 Å². The van der Waals surface area contributed by atoms with E-state index in [0.717, 1.165) is 0 Å². The van der Waals surface area contributed by atoms with E-state index in [2.05, 4.69) is 20.8 Å². The summed E-state index contributed by atoms with van der Waals surface area (Å²) in [5, 5.41) is 0. The van der Waals surface area contributed by atoms with Gasteiger partial charge in [0, 0.05) is 0 Å². The van der Waals surface area contributed by atoms with Crippen molar-refractivity contribution in [3.8, 4) is 0 Å². The second-order valence-corrected chi connectivity index (χ2v) is 8.71. The van der Waals surface area contributed by atoms with Crippen molar-refractivity contribution in [1.29, 1.82) is 0 Å². The molecule has 0 aliphatic rings. The highest BCUT2D eigenvalue weighted by Crippen LogP contribution is 2.38. The van der Waals surface area contributed by atoms with E-state index in [-0.39, 0.29) is 0 Å². The maximum Gasteiger partial charge on any atom is -0.0326 e. The normalized spacial score (nSPS) is 12.8. The first-order valence-corrected chi connectivity index (χ1v) is 11.0. The van der Waals surface area contributed by atoms with E-state index < -0.39 is 0 Å². The Kier molecular flexibility index (Phi) is 16.9. The fourth-order valence-corrected chi connectivity index (χ4v) is 5.35. The monoisotopic (exact) mass is 286 g/mol. The van der Waals surface area contributed by atoms with Crippen molar-refractivity contribution in [2.24, 2.45) is 0 Å². The van der Waals surface area contributed by atoms with Gasteiger partial charge in [0.25, 0.3) is 0 Å². The predicted molar refractivity (Wildman–Crippen MR) is 93.9 cm³/mol. The second-order valence-electron chi connectivity index (χ2n) is 6.02. The van der Waals surface area contributed by atoms with E-state index in [1.165, 1.54) is 83.2 Å².